The number of ether oxygens (including phenoxy) is 2. The minimum Gasteiger partial charge on any atom is -0.493 e. The van der Waals surface area contributed by atoms with E-state index in [2.05, 4.69) is 42.1 Å². The first-order valence-corrected chi connectivity index (χ1v) is 13.0. The minimum atomic E-state index is -0.664. The SMILES string of the molecule is CCN(CC)C(=O)COc1c(Br)cc(C2C(C(=O)Nc3cccc(C)c3)=C(C)Nc3nnnn32)cc1OC. The third kappa shape index (κ3) is 5.49. The van der Waals surface area contributed by atoms with E-state index in [1.54, 1.807) is 22.6 Å². The summed E-state index contributed by atoms with van der Waals surface area (Å²) in [7, 11) is 1.52. The van der Waals surface area contributed by atoms with Crippen molar-refractivity contribution < 1.29 is 19.1 Å². The highest BCUT2D eigenvalue weighted by Gasteiger charge is 2.35. The molecule has 11 nitrogen and oxygen atoms in total. The van der Waals surface area contributed by atoms with Crippen molar-refractivity contribution in [2.45, 2.75) is 33.7 Å². The Morgan fingerprint density at radius 2 is 1.95 bits per heavy atom. The van der Waals surface area contributed by atoms with Crippen molar-refractivity contribution in [3.8, 4) is 11.5 Å². The summed E-state index contributed by atoms with van der Waals surface area (Å²) in [4.78, 5) is 27.8. The average Bonchev–Trinajstić information content (AvgIpc) is 3.35. The number of carbonyl (C=O) groups is 2. The van der Waals surface area contributed by atoms with Gasteiger partial charge < -0.3 is 25.0 Å². The second kappa shape index (κ2) is 11.6. The molecule has 0 saturated heterocycles. The van der Waals surface area contributed by atoms with E-state index in [9.17, 15) is 9.59 Å². The molecular formula is C26H30BrN7O4. The highest BCUT2D eigenvalue weighted by atomic mass is 79.9. The van der Waals surface area contributed by atoms with Gasteiger partial charge in [0.1, 0.15) is 6.04 Å². The smallest absolute Gasteiger partial charge is 0.260 e. The summed E-state index contributed by atoms with van der Waals surface area (Å²) in [5.74, 6) is 0.755. The molecule has 38 heavy (non-hydrogen) atoms. The number of aryl methyl sites for hydroxylation is 1. The Kier molecular flexibility index (Phi) is 8.30. The Balaban J connectivity index is 1.71. The quantitative estimate of drug-likeness (QED) is 0.388. The predicted molar refractivity (Wildman–Crippen MR) is 146 cm³/mol. The zero-order valence-electron chi connectivity index (χ0n) is 21.9. The maximum atomic E-state index is 13.6. The number of likely N-dealkylation sites (N-methyl/N-ethyl adjacent to an activating group) is 1. The van der Waals surface area contributed by atoms with Crippen molar-refractivity contribution in [1.82, 2.24) is 25.1 Å². The lowest BCUT2D eigenvalue weighted by molar-refractivity contribution is -0.133. The lowest BCUT2D eigenvalue weighted by Crippen LogP contribution is -2.34. The van der Waals surface area contributed by atoms with E-state index in [4.69, 9.17) is 9.47 Å². The molecule has 0 fully saturated rings. The van der Waals surface area contributed by atoms with Gasteiger partial charge in [-0.2, -0.15) is 4.68 Å². The number of fused-ring (bicyclic) bond motifs is 1. The van der Waals surface area contributed by atoms with Crippen molar-refractivity contribution in [2.75, 3.05) is 37.4 Å². The van der Waals surface area contributed by atoms with Crippen LogP contribution in [0.5, 0.6) is 11.5 Å². The van der Waals surface area contributed by atoms with Crippen LogP contribution in [0, 0.1) is 6.92 Å². The number of hydrogen-bond acceptors (Lipinski definition) is 8. The van der Waals surface area contributed by atoms with Gasteiger partial charge in [-0.15, -0.1) is 0 Å². The van der Waals surface area contributed by atoms with Crippen LogP contribution in [0.25, 0.3) is 0 Å². The molecule has 0 spiro atoms. The van der Waals surface area contributed by atoms with Gasteiger partial charge in [-0.05, 0) is 89.4 Å². The monoisotopic (exact) mass is 583 g/mol. The van der Waals surface area contributed by atoms with Gasteiger partial charge in [0.25, 0.3) is 11.8 Å². The van der Waals surface area contributed by atoms with Gasteiger partial charge in [-0.1, -0.05) is 17.2 Å². The van der Waals surface area contributed by atoms with E-state index in [0.717, 1.165) is 5.56 Å². The number of anilines is 2. The van der Waals surface area contributed by atoms with Gasteiger partial charge in [0.05, 0.1) is 17.2 Å². The van der Waals surface area contributed by atoms with E-state index in [0.29, 0.717) is 57.5 Å². The number of tetrazole rings is 1. The highest BCUT2D eigenvalue weighted by Crippen LogP contribution is 2.42. The number of halogens is 1. The molecule has 2 amide bonds. The van der Waals surface area contributed by atoms with Crippen LogP contribution in [-0.2, 0) is 9.59 Å². The Hall–Kier alpha value is -3.93. The summed E-state index contributed by atoms with van der Waals surface area (Å²) in [6, 6.07) is 10.5. The molecule has 1 aromatic heterocycles. The van der Waals surface area contributed by atoms with Crippen LogP contribution in [0.2, 0.25) is 0 Å². The molecule has 3 aromatic rings. The molecule has 0 aliphatic carbocycles. The Labute approximate surface area is 229 Å². The molecule has 0 bridgehead atoms. The van der Waals surface area contributed by atoms with Crippen LogP contribution >= 0.6 is 15.9 Å². The summed E-state index contributed by atoms with van der Waals surface area (Å²) < 4.78 is 13.6. The molecule has 0 saturated carbocycles. The first-order valence-electron chi connectivity index (χ1n) is 12.2. The third-order valence-electron chi connectivity index (χ3n) is 6.26. The van der Waals surface area contributed by atoms with Gasteiger partial charge in [0, 0.05) is 24.5 Å². The predicted octanol–water partition coefficient (Wildman–Crippen LogP) is 3.93. The third-order valence-corrected chi connectivity index (χ3v) is 6.85. The van der Waals surface area contributed by atoms with Crippen molar-refractivity contribution in [3.05, 3.63) is 63.3 Å². The number of aromatic nitrogens is 4. The lowest BCUT2D eigenvalue weighted by Gasteiger charge is -2.28. The van der Waals surface area contributed by atoms with Gasteiger partial charge in [-0.3, -0.25) is 9.59 Å². The van der Waals surface area contributed by atoms with Crippen LogP contribution in [-0.4, -0.2) is 63.7 Å². The number of methoxy groups -OCH3 is 1. The Morgan fingerprint density at radius 1 is 1.18 bits per heavy atom. The van der Waals surface area contributed by atoms with Gasteiger partial charge in [0.15, 0.2) is 18.1 Å². The summed E-state index contributed by atoms with van der Waals surface area (Å²) in [6.07, 6.45) is 0. The van der Waals surface area contributed by atoms with Crippen LogP contribution in [0.15, 0.2) is 52.1 Å². The fourth-order valence-electron chi connectivity index (χ4n) is 4.38. The molecule has 2 N–H and O–H groups in total. The number of hydrogen-bond donors (Lipinski definition) is 2. The normalized spacial score (nSPS) is 14.4. The van der Waals surface area contributed by atoms with Gasteiger partial charge in [-0.25, -0.2) is 0 Å². The van der Waals surface area contributed by atoms with Crippen LogP contribution in [0.3, 0.4) is 0 Å². The molecule has 1 unspecified atom stereocenters. The van der Waals surface area contributed by atoms with E-state index in [1.165, 1.54) is 7.11 Å². The van der Waals surface area contributed by atoms with Gasteiger partial charge in [0.2, 0.25) is 5.95 Å². The molecule has 1 aliphatic rings. The average molecular weight is 584 g/mol. The zero-order chi connectivity index (χ0) is 27.4. The first-order chi connectivity index (χ1) is 18.3. The lowest BCUT2D eigenvalue weighted by atomic mass is 9.94. The summed E-state index contributed by atoms with van der Waals surface area (Å²) >= 11 is 3.57. The first kappa shape index (κ1) is 27.1. The molecular weight excluding hydrogens is 554 g/mol. The molecule has 1 atom stereocenters. The Bertz CT molecular complexity index is 1380. The highest BCUT2D eigenvalue weighted by molar-refractivity contribution is 9.10. The fourth-order valence-corrected chi connectivity index (χ4v) is 4.95. The van der Waals surface area contributed by atoms with Crippen molar-refractivity contribution in [3.63, 3.8) is 0 Å². The number of amides is 2. The zero-order valence-corrected chi connectivity index (χ0v) is 23.5. The number of nitrogens with zero attached hydrogens (tertiary/aromatic N) is 5. The van der Waals surface area contributed by atoms with Gasteiger partial charge >= 0.3 is 0 Å². The maximum absolute atomic E-state index is 13.6. The molecule has 0 radical (unpaired) electrons. The van der Waals surface area contributed by atoms with Crippen molar-refractivity contribution in [1.29, 1.82) is 0 Å². The number of allylic oxidation sites excluding steroid dienone is 1. The number of rotatable bonds is 9. The Morgan fingerprint density at radius 3 is 2.63 bits per heavy atom. The summed E-state index contributed by atoms with van der Waals surface area (Å²) in [5.41, 5.74) is 3.43. The largest absolute Gasteiger partial charge is 0.493 e. The maximum Gasteiger partial charge on any atom is 0.260 e. The van der Waals surface area contributed by atoms with E-state index >= 15 is 0 Å². The molecule has 2 aromatic carbocycles. The van der Waals surface area contributed by atoms with E-state index in [1.807, 2.05) is 51.1 Å². The molecule has 2 heterocycles. The van der Waals surface area contributed by atoms with E-state index in [-0.39, 0.29) is 18.4 Å². The second-order valence-corrected chi connectivity index (χ2v) is 9.58. The summed E-state index contributed by atoms with van der Waals surface area (Å²) in [5, 5.41) is 18.1. The topological polar surface area (TPSA) is 124 Å². The molecule has 4 rings (SSSR count). The molecule has 1 aliphatic heterocycles. The van der Waals surface area contributed by atoms with Crippen LogP contribution in [0.1, 0.15) is 37.9 Å². The molecule has 200 valence electrons. The van der Waals surface area contributed by atoms with Crippen LogP contribution in [0.4, 0.5) is 11.6 Å². The fraction of sp³-hybridized carbons (Fsp3) is 0.346. The number of carbonyl (C=O) groups excluding carboxylic acids is 2. The summed E-state index contributed by atoms with van der Waals surface area (Å²) in [6.45, 7) is 8.66. The van der Waals surface area contributed by atoms with Crippen LogP contribution < -0.4 is 20.1 Å². The van der Waals surface area contributed by atoms with Crippen molar-refractivity contribution in [2.24, 2.45) is 0 Å². The number of benzene rings is 2. The van der Waals surface area contributed by atoms with Crippen molar-refractivity contribution >= 4 is 39.4 Å². The second-order valence-electron chi connectivity index (χ2n) is 8.73. The van der Waals surface area contributed by atoms with E-state index < -0.39 is 6.04 Å². The molecule has 12 heteroatoms. The standard InChI is InChI=1S/C26H30BrN7O4/c1-6-33(7-2)21(35)14-38-24-19(27)12-17(13-20(24)37-5)23-22(16(4)28-26-30-31-32-34(23)26)25(36)29-18-10-8-9-15(3)11-18/h8-13,23H,6-7,14H2,1-5H3,(H,29,36)(H,28,30,32). The number of nitrogens with one attached hydrogen (secondary N) is 2. The minimum absolute atomic E-state index is 0.126.